The molecule has 2 aromatic heterocycles. The third kappa shape index (κ3) is 3.91. The summed E-state index contributed by atoms with van der Waals surface area (Å²) in [6, 6.07) is 15.0. The van der Waals surface area contributed by atoms with Gasteiger partial charge in [-0.25, -0.2) is 23.4 Å². The second-order valence-corrected chi connectivity index (χ2v) is 7.72. The highest BCUT2D eigenvalue weighted by atomic mass is 19.1. The lowest BCUT2D eigenvalue weighted by Crippen LogP contribution is -2.47. The Hall–Kier alpha value is -3.81. The van der Waals surface area contributed by atoms with Crippen LogP contribution in [0.3, 0.4) is 0 Å². The van der Waals surface area contributed by atoms with Gasteiger partial charge in [0.2, 0.25) is 5.95 Å². The van der Waals surface area contributed by atoms with E-state index in [4.69, 9.17) is 4.98 Å². The number of nitrogens with zero attached hydrogens (tertiary/aromatic N) is 6. The molecule has 0 atom stereocenters. The Morgan fingerprint density at radius 2 is 1.66 bits per heavy atom. The zero-order valence-corrected chi connectivity index (χ0v) is 17.6. The van der Waals surface area contributed by atoms with Gasteiger partial charge in [-0.2, -0.15) is 5.10 Å². The molecule has 0 saturated carbocycles. The van der Waals surface area contributed by atoms with E-state index < -0.39 is 0 Å². The molecule has 0 bridgehead atoms. The van der Waals surface area contributed by atoms with Crippen molar-refractivity contribution in [3.63, 3.8) is 0 Å². The van der Waals surface area contributed by atoms with Crippen molar-refractivity contribution >= 4 is 11.6 Å². The summed E-state index contributed by atoms with van der Waals surface area (Å²) in [5, 5.41) is 4.53. The van der Waals surface area contributed by atoms with Crippen LogP contribution in [0.2, 0.25) is 0 Å². The number of para-hydroxylation sites is 1. The third-order valence-corrected chi connectivity index (χ3v) is 5.65. The number of rotatable bonds is 4. The summed E-state index contributed by atoms with van der Waals surface area (Å²) in [6.45, 7) is 4.66. The predicted molar refractivity (Wildman–Crippen MR) is 120 cm³/mol. The van der Waals surface area contributed by atoms with Crippen molar-refractivity contribution in [3.8, 4) is 16.9 Å². The molecule has 1 aliphatic rings. The molecular formula is C24H22F2N6. The van der Waals surface area contributed by atoms with Crippen molar-refractivity contribution < 1.29 is 8.78 Å². The molecule has 1 fully saturated rings. The minimum absolute atomic E-state index is 0.204. The third-order valence-electron chi connectivity index (χ3n) is 5.65. The summed E-state index contributed by atoms with van der Waals surface area (Å²) in [5.41, 5.74) is 3.69. The van der Waals surface area contributed by atoms with Crippen LogP contribution in [0.4, 0.5) is 20.4 Å². The zero-order valence-electron chi connectivity index (χ0n) is 17.6. The first-order chi connectivity index (χ1) is 15.6. The quantitative estimate of drug-likeness (QED) is 0.483. The van der Waals surface area contributed by atoms with E-state index in [-0.39, 0.29) is 11.6 Å². The maximum Gasteiger partial charge on any atom is 0.225 e. The van der Waals surface area contributed by atoms with E-state index in [1.54, 1.807) is 35.1 Å². The van der Waals surface area contributed by atoms with Crippen molar-refractivity contribution in [2.45, 2.75) is 6.92 Å². The van der Waals surface area contributed by atoms with Gasteiger partial charge in [-0.05, 0) is 43.3 Å². The Morgan fingerprint density at radius 1 is 0.875 bits per heavy atom. The number of hydrogen-bond acceptors (Lipinski definition) is 5. The Balaban J connectivity index is 1.35. The molecule has 5 rings (SSSR count). The maximum absolute atomic E-state index is 14.1. The summed E-state index contributed by atoms with van der Waals surface area (Å²) in [6.07, 6.45) is 3.59. The fraction of sp³-hybridized carbons (Fsp3) is 0.208. The van der Waals surface area contributed by atoms with Crippen LogP contribution in [0.5, 0.6) is 0 Å². The van der Waals surface area contributed by atoms with Gasteiger partial charge in [0.15, 0.2) is 0 Å². The monoisotopic (exact) mass is 432 g/mol. The molecule has 32 heavy (non-hydrogen) atoms. The van der Waals surface area contributed by atoms with Gasteiger partial charge in [-0.1, -0.05) is 18.2 Å². The Bertz CT molecular complexity index is 1250. The Kier molecular flexibility index (Phi) is 5.26. The topological polar surface area (TPSA) is 50.1 Å². The van der Waals surface area contributed by atoms with E-state index in [9.17, 15) is 8.78 Å². The number of anilines is 2. The van der Waals surface area contributed by atoms with Crippen LogP contribution in [0.1, 0.15) is 5.69 Å². The predicted octanol–water partition coefficient (Wildman–Crippen LogP) is 4.24. The number of benzene rings is 2. The van der Waals surface area contributed by atoms with E-state index in [1.165, 1.54) is 18.2 Å². The molecule has 1 aliphatic heterocycles. The molecule has 0 amide bonds. The fourth-order valence-corrected chi connectivity index (χ4v) is 3.97. The van der Waals surface area contributed by atoms with Crippen molar-refractivity contribution in [3.05, 3.63) is 84.3 Å². The smallest absolute Gasteiger partial charge is 0.225 e. The average Bonchev–Trinajstić information content (AvgIpc) is 3.21. The van der Waals surface area contributed by atoms with Gasteiger partial charge >= 0.3 is 0 Å². The number of halogens is 2. The number of piperazine rings is 1. The van der Waals surface area contributed by atoms with Gasteiger partial charge < -0.3 is 9.80 Å². The van der Waals surface area contributed by atoms with E-state index in [1.807, 2.05) is 30.2 Å². The molecule has 3 heterocycles. The lowest BCUT2D eigenvalue weighted by Gasteiger charge is -2.36. The lowest BCUT2D eigenvalue weighted by molar-refractivity contribution is 0.594. The standard InChI is InChI=1S/C24H22F2N6/c1-17-20(16-32(29-17)19-6-4-5-18(25)15-19)22-9-10-27-24(28-22)31-13-11-30(12-14-31)23-8-3-2-7-21(23)26/h2-10,15-16H,11-14H2,1H3. The highest BCUT2D eigenvalue weighted by Gasteiger charge is 2.21. The van der Waals surface area contributed by atoms with Crippen molar-refractivity contribution in [1.29, 1.82) is 0 Å². The summed E-state index contributed by atoms with van der Waals surface area (Å²) in [5.74, 6) is 0.120. The molecule has 0 N–H and O–H groups in total. The van der Waals surface area contributed by atoms with Crippen LogP contribution in [0.15, 0.2) is 67.0 Å². The SMILES string of the molecule is Cc1nn(-c2cccc(F)c2)cc1-c1ccnc(N2CCN(c3ccccc3F)CC2)n1. The van der Waals surface area contributed by atoms with E-state index in [0.29, 0.717) is 43.5 Å². The maximum atomic E-state index is 14.1. The first-order valence-electron chi connectivity index (χ1n) is 10.5. The summed E-state index contributed by atoms with van der Waals surface area (Å²) in [7, 11) is 0. The van der Waals surface area contributed by atoms with Gasteiger partial charge in [-0.15, -0.1) is 0 Å². The normalized spacial score (nSPS) is 14.1. The number of hydrogen-bond donors (Lipinski definition) is 0. The van der Waals surface area contributed by atoms with Gasteiger partial charge in [0.1, 0.15) is 11.6 Å². The Morgan fingerprint density at radius 3 is 2.44 bits per heavy atom. The van der Waals surface area contributed by atoms with Gasteiger partial charge in [-0.3, -0.25) is 0 Å². The highest BCUT2D eigenvalue weighted by molar-refractivity contribution is 5.63. The van der Waals surface area contributed by atoms with Gasteiger partial charge in [0.05, 0.1) is 22.8 Å². The van der Waals surface area contributed by atoms with Crippen LogP contribution in [0, 0.1) is 18.6 Å². The fourth-order valence-electron chi connectivity index (χ4n) is 3.97. The molecule has 0 spiro atoms. The lowest BCUT2D eigenvalue weighted by atomic mass is 10.2. The zero-order chi connectivity index (χ0) is 22.1. The first kappa shape index (κ1) is 20.1. The van der Waals surface area contributed by atoms with Crippen molar-refractivity contribution in [1.82, 2.24) is 19.7 Å². The highest BCUT2D eigenvalue weighted by Crippen LogP contribution is 2.25. The van der Waals surface area contributed by atoms with Crippen LogP contribution < -0.4 is 9.80 Å². The first-order valence-corrected chi connectivity index (χ1v) is 10.5. The van der Waals surface area contributed by atoms with Crippen LogP contribution in [-0.2, 0) is 0 Å². The largest absolute Gasteiger partial charge is 0.366 e. The average molecular weight is 432 g/mol. The minimum Gasteiger partial charge on any atom is -0.366 e. The molecule has 0 unspecified atom stereocenters. The molecule has 6 nitrogen and oxygen atoms in total. The number of aromatic nitrogens is 4. The summed E-state index contributed by atoms with van der Waals surface area (Å²) >= 11 is 0. The second kappa shape index (κ2) is 8.37. The molecule has 0 radical (unpaired) electrons. The van der Waals surface area contributed by atoms with Crippen LogP contribution in [0.25, 0.3) is 16.9 Å². The molecule has 8 heteroatoms. The second-order valence-electron chi connectivity index (χ2n) is 7.72. The van der Waals surface area contributed by atoms with E-state index in [0.717, 1.165) is 17.0 Å². The Labute approximate surface area is 184 Å². The molecule has 4 aromatic rings. The van der Waals surface area contributed by atoms with E-state index >= 15 is 0 Å². The van der Waals surface area contributed by atoms with Crippen molar-refractivity contribution in [2.75, 3.05) is 36.0 Å². The molecule has 162 valence electrons. The molecule has 2 aromatic carbocycles. The van der Waals surface area contributed by atoms with Gasteiger partial charge in [0, 0.05) is 44.1 Å². The summed E-state index contributed by atoms with van der Waals surface area (Å²) in [4.78, 5) is 13.4. The van der Waals surface area contributed by atoms with Crippen LogP contribution >= 0.6 is 0 Å². The van der Waals surface area contributed by atoms with Gasteiger partial charge in [0.25, 0.3) is 0 Å². The molecule has 1 saturated heterocycles. The minimum atomic E-state index is -0.309. The van der Waals surface area contributed by atoms with Crippen molar-refractivity contribution in [2.24, 2.45) is 0 Å². The van der Waals surface area contributed by atoms with Crippen LogP contribution in [-0.4, -0.2) is 45.9 Å². The number of aryl methyl sites for hydroxylation is 1. The molecule has 0 aliphatic carbocycles. The van der Waals surface area contributed by atoms with E-state index in [2.05, 4.69) is 15.0 Å². The molecular weight excluding hydrogens is 410 g/mol. The summed E-state index contributed by atoms with van der Waals surface area (Å²) < 4.78 is 29.4.